The molecular weight excluding hydrogens is 358 g/mol. The maximum absolute atomic E-state index is 12.6. The summed E-state index contributed by atoms with van der Waals surface area (Å²) in [6.45, 7) is 2.57. The largest absolute Gasteiger partial charge is 0.423 e. The van der Waals surface area contributed by atoms with Crippen molar-refractivity contribution in [1.82, 2.24) is 9.88 Å². The molecule has 7 heteroatoms. The third-order valence-corrected chi connectivity index (χ3v) is 4.88. The van der Waals surface area contributed by atoms with Crippen LogP contribution >= 0.6 is 0 Å². The van der Waals surface area contributed by atoms with Gasteiger partial charge in [0, 0.05) is 42.4 Å². The molecule has 142 valence electrons. The Balaban J connectivity index is 1.46. The van der Waals surface area contributed by atoms with Crippen LogP contribution in [0.1, 0.15) is 17.7 Å². The zero-order chi connectivity index (χ0) is 19.7. The van der Waals surface area contributed by atoms with Crippen molar-refractivity contribution in [3.63, 3.8) is 0 Å². The fraction of sp³-hybridized carbons (Fsp3) is 0.238. The molecule has 0 radical (unpaired) electrons. The quantitative estimate of drug-likeness (QED) is 0.705. The van der Waals surface area contributed by atoms with E-state index in [4.69, 9.17) is 4.42 Å². The van der Waals surface area contributed by atoms with E-state index in [0.29, 0.717) is 24.4 Å². The first kappa shape index (κ1) is 17.9. The Hall–Kier alpha value is -3.48. The van der Waals surface area contributed by atoms with Crippen LogP contribution in [0.15, 0.2) is 57.9 Å². The first-order chi connectivity index (χ1) is 13.5. The van der Waals surface area contributed by atoms with Crippen LogP contribution in [0.3, 0.4) is 0 Å². The minimum absolute atomic E-state index is 0.0639. The standard InChI is InChI=1S/C21H19N3O4/c1-13-8-20(26)28-18-10-15(5-6-17(13)18)23-21(27)14-9-19(25)24(11-14)12-16-4-2-3-7-22-16/h2-8,10,14H,9,11-12H2,1H3,(H,23,27). The number of amides is 2. The summed E-state index contributed by atoms with van der Waals surface area (Å²) < 4.78 is 5.21. The van der Waals surface area contributed by atoms with E-state index in [0.717, 1.165) is 16.6 Å². The summed E-state index contributed by atoms with van der Waals surface area (Å²) in [4.78, 5) is 42.3. The Kier molecular flexibility index (Phi) is 4.65. The number of likely N-dealkylation sites (tertiary alicyclic amines) is 1. The number of aryl methyl sites for hydroxylation is 1. The lowest BCUT2D eigenvalue weighted by molar-refractivity contribution is -0.128. The SMILES string of the molecule is Cc1cc(=O)oc2cc(NC(=O)C3CC(=O)N(Cc4ccccn4)C3)ccc12. The number of pyridine rings is 1. The molecule has 4 rings (SSSR count). The number of anilines is 1. The van der Waals surface area contributed by atoms with Crippen LogP contribution in [0.4, 0.5) is 5.69 Å². The fourth-order valence-electron chi connectivity index (χ4n) is 3.43. The van der Waals surface area contributed by atoms with Crippen LogP contribution in [0.2, 0.25) is 0 Å². The van der Waals surface area contributed by atoms with Crippen molar-refractivity contribution in [1.29, 1.82) is 0 Å². The number of fused-ring (bicyclic) bond motifs is 1. The third kappa shape index (κ3) is 3.64. The van der Waals surface area contributed by atoms with Gasteiger partial charge in [0.1, 0.15) is 5.58 Å². The monoisotopic (exact) mass is 377 g/mol. The Morgan fingerprint density at radius 1 is 1.25 bits per heavy atom. The Bertz CT molecular complexity index is 1110. The lowest BCUT2D eigenvalue weighted by Gasteiger charge is -2.16. The van der Waals surface area contributed by atoms with Gasteiger partial charge in [0.15, 0.2) is 0 Å². The zero-order valence-corrected chi connectivity index (χ0v) is 15.3. The summed E-state index contributed by atoms with van der Waals surface area (Å²) in [6, 6.07) is 12.2. The molecule has 1 unspecified atom stereocenters. The summed E-state index contributed by atoms with van der Waals surface area (Å²) in [5.74, 6) is -0.728. The Labute approximate surface area is 161 Å². The van der Waals surface area contributed by atoms with Crippen molar-refractivity contribution in [2.24, 2.45) is 5.92 Å². The molecule has 1 fully saturated rings. The maximum atomic E-state index is 12.6. The summed E-state index contributed by atoms with van der Waals surface area (Å²) in [5, 5.41) is 3.64. The van der Waals surface area contributed by atoms with Crippen molar-refractivity contribution in [3.8, 4) is 0 Å². The van der Waals surface area contributed by atoms with Gasteiger partial charge in [-0.1, -0.05) is 6.07 Å². The van der Waals surface area contributed by atoms with Crippen LogP contribution in [0, 0.1) is 12.8 Å². The summed E-state index contributed by atoms with van der Waals surface area (Å²) in [7, 11) is 0. The van der Waals surface area contributed by atoms with E-state index in [2.05, 4.69) is 10.3 Å². The highest BCUT2D eigenvalue weighted by Crippen LogP contribution is 2.24. The molecule has 2 amide bonds. The van der Waals surface area contributed by atoms with Gasteiger partial charge in [0.25, 0.3) is 0 Å². The number of hydrogen-bond donors (Lipinski definition) is 1. The predicted molar refractivity (Wildman–Crippen MR) is 104 cm³/mol. The third-order valence-electron chi connectivity index (χ3n) is 4.88. The van der Waals surface area contributed by atoms with Gasteiger partial charge >= 0.3 is 5.63 Å². The smallest absolute Gasteiger partial charge is 0.336 e. The van der Waals surface area contributed by atoms with E-state index in [1.54, 1.807) is 29.3 Å². The van der Waals surface area contributed by atoms with Gasteiger partial charge in [-0.25, -0.2) is 4.79 Å². The van der Waals surface area contributed by atoms with Gasteiger partial charge in [0.05, 0.1) is 18.2 Å². The topological polar surface area (TPSA) is 92.5 Å². The lowest BCUT2D eigenvalue weighted by Crippen LogP contribution is -2.28. The molecule has 28 heavy (non-hydrogen) atoms. The van der Waals surface area contributed by atoms with Gasteiger partial charge in [-0.15, -0.1) is 0 Å². The normalized spacial score (nSPS) is 16.5. The second-order valence-electron chi connectivity index (χ2n) is 6.95. The average molecular weight is 377 g/mol. The number of rotatable bonds is 4. The lowest BCUT2D eigenvalue weighted by atomic mass is 10.1. The number of benzene rings is 1. The van der Waals surface area contributed by atoms with Gasteiger partial charge in [-0.3, -0.25) is 14.6 Å². The minimum Gasteiger partial charge on any atom is -0.423 e. The minimum atomic E-state index is -0.434. The highest BCUT2D eigenvalue weighted by atomic mass is 16.4. The molecule has 1 aromatic carbocycles. The second-order valence-corrected chi connectivity index (χ2v) is 6.95. The average Bonchev–Trinajstić information content (AvgIpc) is 3.03. The van der Waals surface area contributed by atoms with Gasteiger partial charge in [-0.05, 0) is 36.8 Å². The van der Waals surface area contributed by atoms with Gasteiger partial charge in [0.2, 0.25) is 11.8 Å². The molecule has 1 saturated heterocycles. The first-order valence-corrected chi connectivity index (χ1v) is 9.02. The molecule has 3 aromatic rings. The van der Waals surface area contributed by atoms with E-state index in [-0.39, 0.29) is 18.2 Å². The van der Waals surface area contributed by atoms with Crippen molar-refractivity contribution >= 4 is 28.5 Å². The second kappa shape index (κ2) is 7.26. The summed E-state index contributed by atoms with van der Waals surface area (Å²) >= 11 is 0. The zero-order valence-electron chi connectivity index (χ0n) is 15.3. The van der Waals surface area contributed by atoms with Gasteiger partial charge < -0.3 is 14.6 Å². The van der Waals surface area contributed by atoms with Crippen molar-refractivity contribution in [2.75, 3.05) is 11.9 Å². The molecule has 0 bridgehead atoms. The molecule has 1 atom stereocenters. The first-order valence-electron chi connectivity index (χ1n) is 9.02. The summed E-state index contributed by atoms with van der Waals surface area (Å²) in [6.07, 6.45) is 1.85. The molecule has 1 aliphatic rings. The van der Waals surface area contributed by atoms with E-state index < -0.39 is 11.5 Å². The predicted octanol–water partition coefficient (Wildman–Crippen LogP) is 2.48. The maximum Gasteiger partial charge on any atom is 0.336 e. The Morgan fingerprint density at radius 3 is 2.89 bits per heavy atom. The number of hydrogen-bond acceptors (Lipinski definition) is 5. The van der Waals surface area contributed by atoms with Crippen LogP contribution < -0.4 is 10.9 Å². The van der Waals surface area contributed by atoms with E-state index >= 15 is 0 Å². The number of nitrogens with one attached hydrogen (secondary N) is 1. The molecule has 2 aromatic heterocycles. The molecule has 1 aliphatic heterocycles. The summed E-state index contributed by atoms with van der Waals surface area (Å²) in [5.41, 5.74) is 2.12. The van der Waals surface area contributed by atoms with Gasteiger partial charge in [-0.2, -0.15) is 0 Å². The van der Waals surface area contributed by atoms with Crippen LogP contribution in [0.25, 0.3) is 11.0 Å². The molecule has 0 spiro atoms. The van der Waals surface area contributed by atoms with Crippen molar-refractivity contribution in [2.45, 2.75) is 19.9 Å². The molecule has 7 nitrogen and oxygen atoms in total. The van der Waals surface area contributed by atoms with Crippen LogP contribution in [-0.4, -0.2) is 28.2 Å². The molecule has 0 saturated carbocycles. The highest BCUT2D eigenvalue weighted by molar-refractivity contribution is 5.98. The van der Waals surface area contributed by atoms with Crippen LogP contribution in [-0.2, 0) is 16.1 Å². The molecule has 3 heterocycles. The fourth-order valence-corrected chi connectivity index (χ4v) is 3.43. The number of carbonyl (C=O) groups is 2. The Morgan fingerprint density at radius 2 is 2.11 bits per heavy atom. The molecule has 1 N–H and O–H groups in total. The number of aromatic nitrogens is 1. The molecule has 0 aliphatic carbocycles. The van der Waals surface area contributed by atoms with Crippen molar-refractivity contribution < 1.29 is 14.0 Å². The highest BCUT2D eigenvalue weighted by Gasteiger charge is 2.34. The van der Waals surface area contributed by atoms with Crippen molar-refractivity contribution in [3.05, 3.63) is 70.3 Å². The van der Waals surface area contributed by atoms with E-state index in [9.17, 15) is 14.4 Å². The van der Waals surface area contributed by atoms with E-state index in [1.807, 2.05) is 25.1 Å². The van der Waals surface area contributed by atoms with E-state index in [1.165, 1.54) is 6.07 Å². The number of nitrogens with zero attached hydrogens (tertiary/aromatic N) is 2. The number of carbonyl (C=O) groups excluding carboxylic acids is 2. The van der Waals surface area contributed by atoms with Crippen LogP contribution in [0.5, 0.6) is 0 Å². The molecular formula is C21H19N3O4.